The average Bonchev–Trinajstić information content (AvgIpc) is 3.18. The summed E-state index contributed by atoms with van der Waals surface area (Å²) in [6, 6.07) is 8.45. The van der Waals surface area contributed by atoms with Gasteiger partial charge in [-0.1, -0.05) is 35.0 Å². The number of nitrogens with one attached hydrogen (secondary N) is 1. The number of benzene rings is 1. The molecule has 5 nitrogen and oxygen atoms in total. The first kappa shape index (κ1) is 12.8. The van der Waals surface area contributed by atoms with Crippen LogP contribution in [0.4, 0.5) is 0 Å². The molecule has 1 heterocycles. The Balaban J connectivity index is 1.80. The van der Waals surface area contributed by atoms with Crippen molar-refractivity contribution in [3.8, 4) is 0 Å². The molecule has 20 heavy (non-hydrogen) atoms. The lowest BCUT2D eigenvalue weighted by atomic mass is 10.0. The first-order valence-corrected chi connectivity index (χ1v) is 6.87. The van der Waals surface area contributed by atoms with Gasteiger partial charge in [0.15, 0.2) is 0 Å². The fourth-order valence-electron chi connectivity index (χ4n) is 2.39. The normalized spacial score (nSPS) is 15.9. The van der Waals surface area contributed by atoms with Crippen molar-refractivity contribution < 1.29 is 4.79 Å². The number of aromatic nitrogens is 3. The van der Waals surface area contributed by atoms with Crippen molar-refractivity contribution in [1.29, 1.82) is 0 Å². The minimum atomic E-state index is -0.116. The van der Waals surface area contributed by atoms with Gasteiger partial charge in [0.25, 0.3) is 5.91 Å². The van der Waals surface area contributed by atoms with Crippen LogP contribution >= 0.6 is 0 Å². The van der Waals surface area contributed by atoms with Gasteiger partial charge in [-0.2, -0.15) is 0 Å². The smallest absolute Gasteiger partial charge is 0.271 e. The third kappa shape index (κ3) is 2.57. The molecule has 1 aliphatic carbocycles. The van der Waals surface area contributed by atoms with Crippen LogP contribution in [-0.2, 0) is 7.05 Å². The van der Waals surface area contributed by atoms with Gasteiger partial charge >= 0.3 is 0 Å². The zero-order chi connectivity index (χ0) is 14.1. The van der Waals surface area contributed by atoms with Gasteiger partial charge in [-0.25, -0.2) is 4.68 Å². The van der Waals surface area contributed by atoms with Gasteiger partial charge in [0, 0.05) is 7.05 Å². The molecular weight excluding hydrogens is 252 g/mol. The molecule has 1 aromatic carbocycles. The molecule has 1 aromatic heterocycles. The van der Waals surface area contributed by atoms with Crippen molar-refractivity contribution in [3.63, 3.8) is 0 Å². The summed E-state index contributed by atoms with van der Waals surface area (Å²) in [7, 11) is 1.72. The minimum absolute atomic E-state index is 0.0815. The first-order valence-electron chi connectivity index (χ1n) is 6.87. The maximum atomic E-state index is 12.3. The van der Waals surface area contributed by atoms with Crippen LogP contribution in [0.15, 0.2) is 30.5 Å². The largest absolute Gasteiger partial charge is 0.344 e. The molecule has 1 saturated carbocycles. The Morgan fingerprint density at radius 1 is 1.35 bits per heavy atom. The number of aryl methyl sites for hydroxylation is 2. The highest BCUT2D eigenvalue weighted by molar-refractivity contribution is 5.92. The van der Waals surface area contributed by atoms with Gasteiger partial charge in [0.05, 0.1) is 12.2 Å². The van der Waals surface area contributed by atoms with Crippen LogP contribution in [0.1, 0.15) is 40.5 Å². The van der Waals surface area contributed by atoms with E-state index in [9.17, 15) is 4.79 Å². The topological polar surface area (TPSA) is 59.8 Å². The molecule has 1 aliphatic rings. The van der Waals surface area contributed by atoms with Gasteiger partial charge < -0.3 is 5.32 Å². The van der Waals surface area contributed by atoms with Crippen LogP contribution < -0.4 is 5.32 Å². The highest BCUT2D eigenvalue weighted by Crippen LogP contribution is 2.41. The molecule has 0 radical (unpaired) electrons. The summed E-state index contributed by atoms with van der Waals surface area (Å²) < 4.78 is 1.49. The third-order valence-corrected chi connectivity index (χ3v) is 3.76. The zero-order valence-corrected chi connectivity index (χ0v) is 11.7. The second-order valence-electron chi connectivity index (χ2n) is 5.44. The summed E-state index contributed by atoms with van der Waals surface area (Å²) in [5.41, 5.74) is 2.88. The van der Waals surface area contributed by atoms with Crippen LogP contribution in [0.25, 0.3) is 0 Å². The molecule has 2 aromatic rings. The highest BCUT2D eigenvalue weighted by Gasteiger charge is 2.33. The number of hydrogen-bond acceptors (Lipinski definition) is 3. The maximum Gasteiger partial charge on any atom is 0.271 e. The molecule has 1 unspecified atom stereocenters. The summed E-state index contributed by atoms with van der Waals surface area (Å²) in [4.78, 5) is 12.3. The average molecular weight is 270 g/mol. The van der Waals surface area contributed by atoms with Crippen LogP contribution in [-0.4, -0.2) is 20.9 Å². The van der Waals surface area contributed by atoms with E-state index >= 15 is 0 Å². The monoisotopic (exact) mass is 270 g/mol. The molecule has 1 fully saturated rings. The number of carbonyl (C=O) groups is 1. The third-order valence-electron chi connectivity index (χ3n) is 3.76. The summed E-state index contributed by atoms with van der Waals surface area (Å²) in [6.45, 7) is 2.07. The fourth-order valence-corrected chi connectivity index (χ4v) is 2.39. The second-order valence-corrected chi connectivity index (χ2v) is 5.44. The Hall–Kier alpha value is -2.17. The Morgan fingerprint density at radius 3 is 2.60 bits per heavy atom. The van der Waals surface area contributed by atoms with Crippen molar-refractivity contribution >= 4 is 5.91 Å². The van der Waals surface area contributed by atoms with E-state index in [1.807, 2.05) is 0 Å². The summed E-state index contributed by atoms with van der Waals surface area (Å²) in [5, 5.41) is 10.7. The summed E-state index contributed by atoms with van der Waals surface area (Å²) in [5.74, 6) is 0.429. The van der Waals surface area contributed by atoms with Crippen LogP contribution in [0, 0.1) is 12.8 Å². The summed E-state index contributed by atoms with van der Waals surface area (Å²) in [6.07, 6.45) is 3.83. The van der Waals surface area contributed by atoms with E-state index < -0.39 is 0 Å². The molecule has 0 bridgehead atoms. The maximum absolute atomic E-state index is 12.3. The molecule has 0 aliphatic heterocycles. The SMILES string of the molecule is Cc1ccc(C(NC(=O)c2cnnn2C)C2CC2)cc1. The Labute approximate surface area is 118 Å². The lowest BCUT2D eigenvalue weighted by Crippen LogP contribution is -2.31. The Bertz CT molecular complexity index is 613. The molecule has 5 heteroatoms. The van der Waals surface area contributed by atoms with Crippen molar-refractivity contribution in [2.24, 2.45) is 13.0 Å². The Morgan fingerprint density at radius 2 is 2.05 bits per heavy atom. The quantitative estimate of drug-likeness (QED) is 0.924. The number of hydrogen-bond donors (Lipinski definition) is 1. The number of carbonyl (C=O) groups excluding carboxylic acids is 1. The predicted molar refractivity (Wildman–Crippen MR) is 75.1 cm³/mol. The Kier molecular flexibility index (Phi) is 3.26. The molecule has 104 valence electrons. The van der Waals surface area contributed by atoms with Crippen molar-refractivity contribution in [1.82, 2.24) is 20.3 Å². The predicted octanol–water partition coefficient (Wildman–Crippen LogP) is 2.00. The fraction of sp³-hybridized carbons (Fsp3) is 0.400. The molecule has 1 amide bonds. The zero-order valence-electron chi connectivity index (χ0n) is 11.7. The van der Waals surface area contributed by atoms with Gasteiger partial charge in [-0.15, -0.1) is 5.10 Å². The van der Waals surface area contributed by atoms with Crippen LogP contribution in [0.3, 0.4) is 0 Å². The van der Waals surface area contributed by atoms with Gasteiger partial charge in [0.1, 0.15) is 5.69 Å². The van der Waals surface area contributed by atoms with E-state index in [0.717, 1.165) is 0 Å². The number of nitrogens with zero attached hydrogens (tertiary/aromatic N) is 3. The van der Waals surface area contributed by atoms with Crippen molar-refractivity contribution in [2.75, 3.05) is 0 Å². The second kappa shape index (κ2) is 5.07. The molecule has 0 saturated heterocycles. The lowest BCUT2D eigenvalue weighted by Gasteiger charge is -2.18. The number of amides is 1. The molecule has 1 atom stereocenters. The summed E-state index contributed by atoms with van der Waals surface area (Å²) >= 11 is 0. The van der Waals surface area contributed by atoms with Crippen LogP contribution in [0.2, 0.25) is 0 Å². The molecule has 1 N–H and O–H groups in total. The number of rotatable bonds is 4. The van der Waals surface area contributed by atoms with Crippen molar-refractivity contribution in [3.05, 3.63) is 47.3 Å². The van der Waals surface area contributed by atoms with Crippen molar-refractivity contribution in [2.45, 2.75) is 25.8 Å². The van der Waals surface area contributed by atoms with E-state index in [-0.39, 0.29) is 11.9 Å². The van der Waals surface area contributed by atoms with E-state index in [0.29, 0.717) is 11.6 Å². The van der Waals surface area contributed by atoms with E-state index in [1.165, 1.54) is 34.8 Å². The lowest BCUT2D eigenvalue weighted by molar-refractivity contribution is 0.0922. The molecular formula is C15H18N4O. The van der Waals surface area contributed by atoms with Gasteiger partial charge in [-0.05, 0) is 31.2 Å². The van der Waals surface area contributed by atoms with Crippen LogP contribution in [0.5, 0.6) is 0 Å². The van der Waals surface area contributed by atoms with Gasteiger partial charge in [-0.3, -0.25) is 4.79 Å². The van der Waals surface area contributed by atoms with Gasteiger partial charge in [0.2, 0.25) is 0 Å². The standard InChI is InChI=1S/C15H18N4O/c1-10-3-5-11(6-4-10)14(12-7-8-12)17-15(20)13-9-16-18-19(13)2/h3-6,9,12,14H,7-8H2,1-2H3,(H,17,20). The van der Waals surface area contributed by atoms with E-state index in [1.54, 1.807) is 7.05 Å². The molecule has 3 rings (SSSR count). The van der Waals surface area contributed by atoms with E-state index in [4.69, 9.17) is 0 Å². The molecule has 0 spiro atoms. The van der Waals surface area contributed by atoms with E-state index in [2.05, 4.69) is 46.8 Å². The highest BCUT2D eigenvalue weighted by atomic mass is 16.2. The minimum Gasteiger partial charge on any atom is -0.344 e. The first-order chi connectivity index (χ1) is 9.65.